The third-order valence-corrected chi connectivity index (χ3v) is 13.1. The van der Waals surface area contributed by atoms with Crippen LogP contribution in [0.2, 0.25) is 0 Å². The lowest BCUT2D eigenvalue weighted by molar-refractivity contribution is 0.197. The van der Waals surface area contributed by atoms with Crippen LogP contribution in [0.4, 0.5) is 0 Å². The molecule has 0 saturated heterocycles. The van der Waals surface area contributed by atoms with E-state index >= 15 is 0 Å². The third-order valence-electron chi connectivity index (χ3n) is 13.1. The van der Waals surface area contributed by atoms with Crippen LogP contribution in [0.3, 0.4) is 0 Å². The second kappa shape index (κ2) is 11.6. The summed E-state index contributed by atoms with van der Waals surface area (Å²) in [4.78, 5) is 0. The van der Waals surface area contributed by atoms with Crippen LogP contribution < -0.4 is 0 Å². The summed E-state index contributed by atoms with van der Waals surface area (Å²) in [5, 5.41) is 28.7. The van der Waals surface area contributed by atoms with Crippen LogP contribution in [-0.4, -0.2) is 23.4 Å². The fourth-order valence-corrected chi connectivity index (χ4v) is 10.1. The topological polar surface area (TPSA) is 40.5 Å². The molecule has 2 N–H and O–H groups in total. The highest BCUT2D eigenvalue weighted by atomic mass is 16.3. The monoisotopic (exact) mass is 702 g/mol. The number of benzene rings is 8. The summed E-state index contributed by atoms with van der Waals surface area (Å²) in [5.41, 5.74) is 15.6. The van der Waals surface area contributed by atoms with Crippen molar-refractivity contribution in [3.05, 3.63) is 155 Å². The zero-order valence-electron chi connectivity index (χ0n) is 31.8. The van der Waals surface area contributed by atoms with Crippen molar-refractivity contribution >= 4 is 32.3 Å². The van der Waals surface area contributed by atoms with Gasteiger partial charge in [-0.05, 0) is 141 Å². The molecule has 0 saturated carbocycles. The summed E-state index contributed by atoms with van der Waals surface area (Å²) in [6, 6.07) is 48.0. The van der Waals surface area contributed by atoms with Gasteiger partial charge in [0.15, 0.2) is 0 Å². The summed E-state index contributed by atoms with van der Waals surface area (Å²) in [6.07, 6.45) is 1.34. The van der Waals surface area contributed by atoms with Crippen molar-refractivity contribution in [2.45, 2.75) is 63.7 Å². The fourth-order valence-electron chi connectivity index (χ4n) is 10.1. The standard InChI is InChI=1S/C52H46O2/c1-50(2,3)37-25-35-12-11-31-13-18-38(43-22-17-36(26-37)48(35)49(31)43)34-16-21-41-40-19-14-32(27-45(40)51(4,5)46(41)29-34)33-15-20-42-39-9-6-7-10-44(39)52(30-54,23-8-24-53)47(42)28-33/h6-7,9-22,25-29,53-54H,8,23-24,30H2,1-5H3. The van der Waals surface area contributed by atoms with Crippen LogP contribution in [0.5, 0.6) is 0 Å². The highest BCUT2D eigenvalue weighted by Crippen LogP contribution is 2.54. The minimum atomic E-state index is -0.520. The van der Waals surface area contributed by atoms with E-state index in [-0.39, 0.29) is 24.0 Å². The molecule has 1 atom stereocenters. The molecule has 10 rings (SSSR count). The van der Waals surface area contributed by atoms with Crippen molar-refractivity contribution < 1.29 is 10.2 Å². The SMILES string of the molecule is CC(C)(C)c1cc2ccc3ccc(-c4ccc5c(c4)C(C)(C)c4cc(-c6ccc7c(c6)C(CO)(CCCO)c6ccccc6-7)ccc4-5)c4ccc(c1)c2c34. The Balaban J connectivity index is 1.06. The van der Waals surface area contributed by atoms with Gasteiger partial charge in [-0.25, -0.2) is 0 Å². The van der Waals surface area contributed by atoms with E-state index in [9.17, 15) is 10.2 Å². The Hall–Kier alpha value is -5.28. The van der Waals surface area contributed by atoms with E-state index < -0.39 is 5.41 Å². The van der Waals surface area contributed by atoms with Gasteiger partial charge >= 0.3 is 0 Å². The molecule has 2 nitrogen and oxygen atoms in total. The molecular weight excluding hydrogens is 657 g/mol. The second-order valence-corrected chi connectivity index (χ2v) is 17.5. The zero-order chi connectivity index (χ0) is 37.1. The molecular formula is C52H46O2. The molecule has 2 aliphatic carbocycles. The smallest absolute Gasteiger partial charge is 0.0569 e. The molecule has 54 heavy (non-hydrogen) atoms. The van der Waals surface area contributed by atoms with Crippen LogP contribution in [0.1, 0.15) is 75.3 Å². The average Bonchev–Trinajstić information content (AvgIpc) is 3.59. The van der Waals surface area contributed by atoms with Gasteiger partial charge in [-0.3, -0.25) is 0 Å². The molecule has 0 spiro atoms. The van der Waals surface area contributed by atoms with E-state index in [0.29, 0.717) is 12.8 Å². The van der Waals surface area contributed by atoms with E-state index in [1.54, 1.807) is 0 Å². The maximum Gasteiger partial charge on any atom is 0.0569 e. The lowest BCUT2D eigenvalue weighted by atomic mass is 9.74. The fraction of sp³-hybridized carbons (Fsp3) is 0.231. The third kappa shape index (κ3) is 4.60. The van der Waals surface area contributed by atoms with Crippen molar-refractivity contribution in [3.8, 4) is 44.5 Å². The quantitative estimate of drug-likeness (QED) is 0.169. The zero-order valence-corrected chi connectivity index (χ0v) is 31.8. The van der Waals surface area contributed by atoms with Crippen molar-refractivity contribution in [1.82, 2.24) is 0 Å². The van der Waals surface area contributed by atoms with Gasteiger partial charge in [0.25, 0.3) is 0 Å². The van der Waals surface area contributed by atoms with Gasteiger partial charge in [0.2, 0.25) is 0 Å². The second-order valence-electron chi connectivity index (χ2n) is 17.5. The molecule has 266 valence electrons. The molecule has 0 fully saturated rings. The molecule has 0 aromatic heterocycles. The van der Waals surface area contributed by atoms with Gasteiger partial charge in [0.1, 0.15) is 0 Å². The number of hydrogen-bond donors (Lipinski definition) is 2. The first-order valence-electron chi connectivity index (χ1n) is 19.5. The van der Waals surface area contributed by atoms with Crippen molar-refractivity contribution in [2.75, 3.05) is 13.2 Å². The Morgan fingerprint density at radius 1 is 0.500 bits per heavy atom. The Labute approximate surface area is 318 Å². The highest BCUT2D eigenvalue weighted by molar-refractivity contribution is 6.25. The summed E-state index contributed by atoms with van der Waals surface area (Å²) < 4.78 is 0. The maximum absolute atomic E-state index is 11.0. The molecule has 0 radical (unpaired) electrons. The van der Waals surface area contributed by atoms with Gasteiger partial charge in [-0.15, -0.1) is 0 Å². The first-order chi connectivity index (χ1) is 26.0. The van der Waals surface area contributed by atoms with E-state index in [1.165, 1.54) is 88.0 Å². The van der Waals surface area contributed by atoms with Gasteiger partial charge in [0, 0.05) is 17.4 Å². The Morgan fingerprint density at radius 2 is 1.04 bits per heavy atom. The molecule has 0 heterocycles. The lowest BCUT2D eigenvalue weighted by Crippen LogP contribution is -2.30. The van der Waals surface area contributed by atoms with Crippen molar-refractivity contribution in [2.24, 2.45) is 0 Å². The number of fused-ring (bicyclic) bond motifs is 6. The minimum Gasteiger partial charge on any atom is -0.396 e. The van der Waals surface area contributed by atoms with Crippen molar-refractivity contribution in [1.29, 1.82) is 0 Å². The largest absolute Gasteiger partial charge is 0.396 e. The Kier molecular flexibility index (Phi) is 7.16. The Morgan fingerprint density at radius 3 is 1.70 bits per heavy atom. The van der Waals surface area contributed by atoms with Crippen LogP contribution >= 0.6 is 0 Å². The van der Waals surface area contributed by atoms with Crippen LogP contribution in [0.25, 0.3) is 76.8 Å². The molecule has 2 heteroatoms. The number of aliphatic hydroxyl groups excluding tert-OH is 2. The predicted molar refractivity (Wildman–Crippen MR) is 227 cm³/mol. The maximum atomic E-state index is 11.0. The normalized spacial score (nSPS) is 16.9. The van der Waals surface area contributed by atoms with E-state index in [0.717, 1.165) is 16.7 Å². The van der Waals surface area contributed by atoms with Crippen molar-refractivity contribution in [3.63, 3.8) is 0 Å². The molecule has 0 bridgehead atoms. The minimum absolute atomic E-state index is 0.0135. The van der Waals surface area contributed by atoms with E-state index in [2.05, 4.69) is 162 Å². The molecule has 2 aliphatic rings. The average molecular weight is 703 g/mol. The Bertz CT molecular complexity index is 2790. The first kappa shape index (κ1) is 33.3. The van der Waals surface area contributed by atoms with E-state index in [4.69, 9.17) is 0 Å². The summed E-state index contributed by atoms with van der Waals surface area (Å²) >= 11 is 0. The first-order valence-corrected chi connectivity index (χ1v) is 19.5. The molecule has 0 amide bonds. The van der Waals surface area contributed by atoms with Crippen LogP contribution in [0.15, 0.2) is 127 Å². The number of hydrogen-bond acceptors (Lipinski definition) is 2. The molecule has 8 aromatic carbocycles. The van der Waals surface area contributed by atoms with Gasteiger partial charge < -0.3 is 10.2 Å². The summed E-state index contributed by atoms with van der Waals surface area (Å²) in [7, 11) is 0. The van der Waals surface area contributed by atoms with Gasteiger partial charge in [0.05, 0.1) is 6.61 Å². The van der Waals surface area contributed by atoms with Crippen LogP contribution in [-0.2, 0) is 16.2 Å². The van der Waals surface area contributed by atoms with E-state index in [1.807, 2.05) is 0 Å². The molecule has 1 unspecified atom stereocenters. The van der Waals surface area contributed by atoms with Crippen LogP contribution in [0, 0.1) is 0 Å². The predicted octanol–water partition coefficient (Wildman–Crippen LogP) is 12.6. The molecule has 8 aromatic rings. The molecule has 0 aliphatic heterocycles. The summed E-state index contributed by atoms with van der Waals surface area (Å²) in [6.45, 7) is 11.7. The highest BCUT2D eigenvalue weighted by Gasteiger charge is 2.42. The van der Waals surface area contributed by atoms with Gasteiger partial charge in [-0.2, -0.15) is 0 Å². The van der Waals surface area contributed by atoms with Gasteiger partial charge in [-0.1, -0.05) is 144 Å². The number of rotatable bonds is 6. The summed E-state index contributed by atoms with van der Waals surface area (Å²) in [5.74, 6) is 0. The number of aliphatic hydroxyl groups is 2. The lowest BCUT2D eigenvalue weighted by Gasteiger charge is -2.30.